The van der Waals surface area contributed by atoms with Gasteiger partial charge in [0.05, 0.1) is 0 Å². The smallest absolute Gasteiger partial charge is 0.0499 e. The highest BCUT2D eigenvalue weighted by Crippen LogP contribution is 2.41. The summed E-state index contributed by atoms with van der Waals surface area (Å²) in [5.74, 6) is 2.03. The van der Waals surface area contributed by atoms with E-state index in [4.69, 9.17) is 0 Å². The van der Waals surface area contributed by atoms with Gasteiger partial charge in [-0.2, -0.15) is 11.8 Å². The Labute approximate surface area is 117 Å². The molecule has 0 aromatic heterocycles. The van der Waals surface area contributed by atoms with Crippen molar-refractivity contribution in [3.63, 3.8) is 0 Å². The van der Waals surface area contributed by atoms with E-state index in [0.29, 0.717) is 11.4 Å². The molecular weight excluding hydrogens is 242 g/mol. The summed E-state index contributed by atoms with van der Waals surface area (Å²) in [4.78, 5) is 2.60. The molecule has 1 aliphatic carbocycles. The third-order valence-electron chi connectivity index (χ3n) is 4.58. The molecule has 0 aromatic rings. The van der Waals surface area contributed by atoms with Crippen LogP contribution in [-0.2, 0) is 0 Å². The molecule has 2 atom stereocenters. The Hall–Kier alpha value is 0.270. The Balaban J connectivity index is 1.97. The lowest BCUT2D eigenvalue weighted by Gasteiger charge is -2.45. The first-order valence-corrected chi connectivity index (χ1v) is 8.40. The van der Waals surface area contributed by atoms with Crippen LogP contribution in [0.3, 0.4) is 0 Å². The molecule has 2 aliphatic rings. The summed E-state index contributed by atoms with van der Waals surface area (Å²) in [7, 11) is 0. The van der Waals surface area contributed by atoms with Gasteiger partial charge in [-0.25, -0.2) is 0 Å². The second kappa shape index (κ2) is 5.72. The average molecular weight is 271 g/mol. The Kier molecular flexibility index (Phi) is 4.66. The van der Waals surface area contributed by atoms with Crippen LogP contribution in [0.4, 0.5) is 0 Å². The molecule has 2 nitrogen and oxygen atoms in total. The largest absolute Gasteiger partial charge is 0.396 e. The molecule has 0 spiro atoms. The lowest BCUT2D eigenvalue weighted by Crippen LogP contribution is -2.50. The molecule has 18 heavy (non-hydrogen) atoms. The maximum Gasteiger partial charge on any atom is 0.0499 e. The Morgan fingerprint density at radius 2 is 2.17 bits per heavy atom. The van der Waals surface area contributed by atoms with E-state index in [2.05, 4.69) is 37.4 Å². The number of thioether (sulfide) groups is 1. The van der Waals surface area contributed by atoms with Crippen molar-refractivity contribution in [2.75, 3.05) is 32.0 Å². The van der Waals surface area contributed by atoms with E-state index >= 15 is 0 Å². The van der Waals surface area contributed by atoms with Gasteiger partial charge in [0.2, 0.25) is 0 Å². The molecule has 2 rings (SSSR count). The number of nitrogens with zero attached hydrogens (tertiary/aromatic N) is 1. The van der Waals surface area contributed by atoms with E-state index < -0.39 is 0 Å². The van der Waals surface area contributed by atoms with Gasteiger partial charge in [0.25, 0.3) is 0 Å². The summed E-state index contributed by atoms with van der Waals surface area (Å²) < 4.78 is 0.384. The van der Waals surface area contributed by atoms with Gasteiger partial charge in [0.15, 0.2) is 0 Å². The van der Waals surface area contributed by atoms with Gasteiger partial charge < -0.3 is 10.0 Å². The highest BCUT2D eigenvalue weighted by molar-refractivity contribution is 8.00. The van der Waals surface area contributed by atoms with Gasteiger partial charge in [0, 0.05) is 42.2 Å². The van der Waals surface area contributed by atoms with E-state index in [9.17, 15) is 5.11 Å². The van der Waals surface area contributed by atoms with Crippen molar-refractivity contribution in [3.8, 4) is 0 Å². The fourth-order valence-electron chi connectivity index (χ4n) is 3.83. The third-order valence-corrected chi connectivity index (χ3v) is 5.88. The number of aliphatic hydroxyl groups excluding tert-OH is 1. The zero-order valence-electron chi connectivity index (χ0n) is 12.2. The quantitative estimate of drug-likeness (QED) is 0.853. The molecule has 1 saturated heterocycles. The molecule has 1 saturated carbocycles. The maximum atomic E-state index is 9.89. The van der Waals surface area contributed by atoms with Crippen LogP contribution < -0.4 is 0 Å². The van der Waals surface area contributed by atoms with Crippen molar-refractivity contribution in [2.45, 2.75) is 51.2 Å². The van der Waals surface area contributed by atoms with Crippen LogP contribution in [0.1, 0.15) is 46.5 Å². The average Bonchev–Trinajstić information content (AvgIpc) is 2.27. The Morgan fingerprint density at radius 1 is 1.39 bits per heavy atom. The first kappa shape index (κ1) is 14.7. The molecule has 1 heterocycles. The van der Waals surface area contributed by atoms with Gasteiger partial charge in [-0.05, 0) is 32.6 Å². The SMILES string of the molecule is CC1CCCC(CO)(CN2CCSC(C)(C)C2)C1. The molecule has 1 N–H and O–H groups in total. The molecule has 3 heteroatoms. The zero-order chi connectivity index (χ0) is 13.2. The van der Waals surface area contributed by atoms with Crippen molar-refractivity contribution < 1.29 is 5.11 Å². The topological polar surface area (TPSA) is 23.5 Å². The van der Waals surface area contributed by atoms with Crippen molar-refractivity contribution in [1.82, 2.24) is 4.90 Å². The van der Waals surface area contributed by atoms with Crippen LogP contribution >= 0.6 is 11.8 Å². The highest BCUT2D eigenvalue weighted by Gasteiger charge is 2.38. The van der Waals surface area contributed by atoms with Crippen molar-refractivity contribution in [1.29, 1.82) is 0 Å². The van der Waals surface area contributed by atoms with Crippen molar-refractivity contribution in [2.24, 2.45) is 11.3 Å². The summed E-state index contributed by atoms with van der Waals surface area (Å²) in [6, 6.07) is 0. The zero-order valence-corrected chi connectivity index (χ0v) is 13.1. The Bertz CT molecular complexity index is 282. The summed E-state index contributed by atoms with van der Waals surface area (Å²) in [6.45, 7) is 10.9. The Morgan fingerprint density at radius 3 is 2.78 bits per heavy atom. The third kappa shape index (κ3) is 3.64. The minimum Gasteiger partial charge on any atom is -0.396 e. The molecule has 2 fully saturated rings. The molecule has 106 valence electrons. The summed E-state index contributed by atoms with van der Waals surface area (Å²) >= 11 is 2.09. The van der Waals surface area contributed by atoms with E-state index in [1.54, 1.807) is 0 Å². The molecule has 0 aromatic carbocycles. The van der Waals surface area contributed by atoms with E-state index in [1.807, 2.05) is 0 Å². The monoisotopic (exact) mass is 271 g/mol. The summed E-state index contributed by atoms with van der Waals surface area (Å²) in [5, 5.41) is 9.89. The van der Waals surface area contributed by atoms with Gasteiger partial charge in [-0.15, -0.1) is 0 Å². The second-order valence-corrected chi connectivity index (χ2v) is 8.98. The maximum absolute atomic E-state index is 9.89. The highest BCUT2D eigenvalue weighted by atomic mass is 32.2. The standard InChI is InChI=1S/C15H29NOS/c1-13-5-4-6-15(9-13,12-17)11-16-7-8-18-14(2,3)10-16/h13,17H,4-12H2,1-3H3. The molecule has 1 aliphatic heterocycles. The predicted octanol–water partition coefficient (Wildman–Crippen LogP) is 3.00. The molecule has 0 radical (unpaired) electrons. The van der Waals surface area contributed by atoms with Crippen LogP contribution in [0.2, 0.25) is 0 Å². The van der Waals surface area contributed by atoms with E-state index in [-0.39, 0.29) is 5.41 Å². The van der Waals surface area contributed by atoms with E-state index in [1.165, 1.54) is 44.5 Å². The molecule has 2 unspecified atom stereocenters. The molecular formula is C15H29NOS. The lowest BCUT2D eigenvalue weighted by molar-refractivity contribution is 0.0227. The van der Waals surface area contributed by atoms with Crippen LogP contribution in [0.25, 0.3) is 0 Å². The summed E-state index contributed by atoms with van der Waals surface area (Å²) in [5.41, 5.74) is 0.190. The van der Waals surface area contributed by atoms with Gasteiger partial charge in [-0.1, -0.05) is 19.8 Å². The van der Waals surface area contributed by atoms with Gasteiger partial charge >= 0.3 is 0 Å². The molecule has 0 amide bonds. The van der Waals surface area contributed by atoms with Crippen LogP contribution in [-0.4, -0.2) is 46.7 Å². The second-order valence-electron chi connectivity index (χ2n) is 7.18. The van der Waals surface area contributed by atoms with Crippen LogP contribution in [0.15, 0.2) is 0 Å². The molecule has 0 bridgehead atoms. The number of hydrogen-bond donors (Lipinski definition) is 1. The fraction of sp³-hybridized carbons (Fsp3) is 1.00. The van der Waals surface area contributed by atoms with Gasteiger partial charge in [0.1, 0.15) is 0 Å². The normalized spacial score (nSPS) is 37.7. The van der Waals surface area contributed by atoms with E-state index in [0.717, 1.165) is 12.5 Å². The van der Waals surface area contributed by atoms with Crippen LogP contribution in [0.5, 0.6) is 0 Å². The summed E-state index contributed by atoms with van der Waals surface area (Å²) in [6.07, 6.45) is 5.09. The first-order valence-electron chi connectivity index (χ1n) is 7.42. The number of aliphatic hydroxyl groups is 1. The minimum absolute atomic E-state index is 0.190. The number of rotatable bonds is 3. The van der Waals surface area contributed by atoms with Crippen molar-refractivity contribution >= 4 is 11.8 Å². The predicted molar refractivity (Wildman–Crippen MR) is 80.1 cm³/mol. The first-order chi connectivity index (χ1) is 8.45. The van der Waals surface area contributed by atoms with Crippen molar-refractivity contribution in [3.05, 3.63) is 0 Å². The number of hydrogen-bond acceptors (Lipinski definition) is 3. The lowest BCUT2D eigenvalue weighted by atomic mass is 9.70. The fourth-order valence-corrected chi connectivity index (χ4v) is 5.01. The van der Waals surface area contributed by atoms with Gasteiger partial charge in [-0.3, -0.25) is 0 Å². The van der Waals surface area contributed by atoms with Crippen LogP contribution in [0, 0.1) is 11.3 Å². The minimum atomic E-state index is 0.190.